The summed E-state index contributed by atoms with van der Waals surface area (Å²) in [5.74, 6) is -0.463. The molecule has 0 bridgehead atoms. The quantitative estimate of drug-likeness (QED) is 0.238. The van der Waals surface area contributed by atoms with Crippen LogP contribution in [0.1, 0.15) is 51.9 Å². The molecule has 3 atom stereocenters. The lowest BCUT2D eigenvalue weighted by molar-refractivity contribution is -0.262. The van der Waals surface area contributed by atoms with Gasteiger partial charge in [-0.15, -0.1) is 11.3 Å². The van der Waals surface area contributed by atoms with Gasteiger partial charge < -0.3 is 9.47 Å². The van der Waals surface area contributed by atoms with Crippen LogP contribution in [0.25, 0.3) is 20.5 Å². The zero-order chi connectivity index (χ0) is 26.3. The Hall–Kier alpha value is -2.87. The number of esters is 1. The number of nitrogens with zero attached hydrogens (tertiary/aromatic N) is 1. The van der Waals surface area contributed by atoms with Gasteiger partial charge in [0.15, 0.2) is 0 Å². The summed E-state index contributed by atoms with van der Waals surface area (Å²) in [7, 11) is 0. The van der Waals surface area contributed by atoms with Crippen molar-refractivity contribution in [3.05, 3.63) is 59.9 Å². The fourth-order valence-corrected chi connectivity index (χ4v) is 5.82. The van der Waals surface area contributed by atoms with E-state index in [2.05, 4.69) is 32.6 Å². The maximum absolute atomic E-state index is 14.3. The summed E-state index contributed by atoms with van der Waals surface area (Å²) < 4.78 is 54.9. The number of carbonyl (C=O) groups is 1. The summed E-state index contributed by atoms with van der Waals surface area (Å²) in [6, 6.07) is 11.5. The summed E-state index contributed by atoms with van der Waals surface area (Å²) in [4.78, 5) is 17.8. The van der Waals surface area contributed by atoms with Gasteiger partial charge in [-0.2, -0.15) is 13.2 Å². The molecule has 0 aliphatic heterocycles. The summed E-state index contributed by atoms with van der Waals surface area (Å²) >= 11 is 1.56. The Morgan fingerprint density at radius 2 is 1.86 bits per heavy atom. The number of hydrogen-bond acceptors (Lipinski definition) is 5. The van der Waals surface area contributed by atoms with Gasteiger partial charge in [0, 0.05) is 32.1 Å². The van der Waals surface area contributed by atoms with Gasteiger partial charge in [-0.25, -0.2) is 4.79 Å². The van der Waals surface area contributed by atoms with Gasteiger partial charge in [-0.05, 0) is 81.3 Å². The Balaban J connectivity index is 1.62. The van der Waals surface area contributed by atoms with Gasteiger partial charge in [-0.1, -0.05) is 20.4 Å². The molecule has 4 nitrogen and oxygen atoms in total. The maximum atomic E-state index is 14.3. The second-order valence-electron chi connectivity index (χ2n) is 9.45. The Bertz CT molecular complexity index is 1300. The number of halogens is 3. The molecule has 8 heteroatoms. The van der Waals surface area contributed by atoms with E-state index < -0.39 is 29.8 Å². The van der Waals surface area contributed by atoms with E-state index in [1.165, 1.54) is 6.92 Å². The lowest BCUT2D eigenvalue weighted by Gasteiger charge is -2.37. The second-order valence-corrected chi connectivity index (χ2v) is 10.5. The van der Waals surface area contributed by atoms with Crippen molar-refractivity contribution in [2.24, 2.45) is 5.41 Å². The molecule has 3 unspecified atom stereocenters. The number of pyridine rings is 1. The van der Waals surface area contributed by atoms with Gasteiger partial charge in [0.05, 0.1) is 0 Å². The average molecular weight is 518 g/mol. The van der Waals surface area contributed by atoms with E-state index in [1.807, 2.05) is 12.1 Å². The third-order valence-corrected chi connectivity index (χ3v) is 8.13. The van der Waals surface area contributed by atoms with Crippen LogP contribution in [0.5, 0.6) is 5.75 Å². The molecule has 1 aromatic carbocycles. The zero-order valence-corrected chi connectivity index (χ0v) is 21.7. The minimum atomic E-state index is -4.62. The Morgan fingerprint density at radius 1 is 1.14 bits per heavy atom. The molecule has 0 radical (unpaired) electrons. The van der Waals surface area contributed by atoms with Crippen LogP contribution in [0.2, 0.25) is 0 Å². The molecule has 1 aliphatic rings. The first kappa shape index (κ1) is 26.2. The van der Waals surface area contributed by atoms with E-state index >= 15 is 0 Å². The molecule has 0 spiro atoms. The highest BCUT2D eigenvalue weighted by Gasteiger charge is 2.66. The lowest BCUT2D eigenvalue weighted by Crippen LogP contribution is -2.51. The summed E-state index contributed by atoms with van der Waals surface area (Å²) in [5, 5.41) is 0.988. The van der Waals surface area contributed by atoms with Gasteiger partial charge in [0.1, 0.15) is 23.4 Å². The van der Waals surface area contributed by atoms with Crippen LogP contribution in [0.3, 0.4) is 0 Å². The molecule has 3 aromatic rings. The van der Waals surface area contributed by atoms with E-state index in [-0.39, 0.29) is 18.4 Å². The van der Waals surface area contributed by atoms with Gasteiger partial charge >= 0.3 is 12.1 Å². The van der Waals surface area contributed by atoms with Crippen LogP contribution in [0, 0.1) is 5.41 Å². The van der Waals surface area contributed by atoms with E-state index in [0.29, 0.717) is 5.75 Å². The highest BCUT2D eigenvalue weighted by atomic mass is 32.1. The highest BCUT2D eigenvalue weighted by Crippen LogP contribution is 2.53. The molecule has 0 N–H and O–H groups in total. The monoisotopic (exact) mass is 517 g/mol. The molecule has 192 valence electrons. The Kier molecular flexibility index (Phi) is 7.19. The Morgan fingerprint density at radius 3 is 2.50 bits per heavy atom. The third-order valence-electron chi connectivity index (χ3n) is 7.00. The van der Waals surface area contributed by atoms with Gasteiger partial charge in [0.2, 0.25) is 0 Å². The minimum Gasteiger partial charge on any atom is -0.489 e. The number of carbonyl (C=O) groups excluding carboxylic acids is 1. The van der Waals surface area contributed by atoms with Gasteiger partial charge in [0.25, 0.3) is 0 Å². The third kappa shape index (κ3) is 4.75. The lowest BCUT2D eigenvalue weighted by atomic mass is 9.83. The molecular weight excluding hydrogens is 487 g/mol. The molecule has 0 saturated heterocycles. The molecule has 1 saturated carbocycles. The van der Waals surface area contributed by atoms with Crippen LogP contribution in [0.15, 0.2) is 48.6 Å². The van der Waals surface area contributed by atoms with Crippen molar-refractivity contribution < 1.29 is 27.4 Å². The Labute approximate surface area is 213 Å². The van der Waals surface area contributed by atoms with Crippen molar-refractivity contribution in [2.75, 3.05) is 0 Å². The first-order valence-electron chi connectivity index (χ1n) is 12.1. The van der Waals surface area contributed by atoms with E-state index in [9.17, 15) is 18.0 Å². The minimum absolute atomic E-state index is 0.0612. The number of benzene rings is 1. The van der Waals surface area contributed by atoms with Crippen molar-refractivity contribution in [1.29, 1.82) is 0 Å². The molecular formula is C28H30F3NO3S. The van der Waals surface area contributed by atoms with E-state index in [4.69, 9.17) is 14.5 Å². The molecule has 0 amide bonds. The SMILES string of the molecule is C=C(C)C(=O)OC1CCC(Oc2ccc3cc(-c4ccc(CC)nc4CC)sc3c2)C1(C)C(F)(F)F. The van der Waals surface area contributed by atoms with Crippen molar-refractivity contribution in [3.63, 3.8) is 0 Å². The predicted molar refractivity (Wildman–Crippen MR) is 136 cm³/mol. The van der Waals surface area contributed by atoms with Gasteiger partial charge in [-0.3, -0.25) is 4.98 Å². The van der Waals surface area contributed by atoms with Crippen molar-refractivity contribution in [1.82, 2.24) is 4.98 Å². The first-order chi connectivity index (χ1) is 17.0. The predicted octanol–water partition coefficient (Wildman–Crippen LogP) is 7.69. The van der Waals surface area contributed by atoms with Crippen LogP contribution in [-0.4, -0.2) is 29.3 Å². The standard InChI is InChI=1S/C28H30F3NO3S/c1-6-18-9-11-20(21(7-2)32-18)23-14-17-8-10-19(15-22(17)36-23)34-24-12-13-25(35-26(33)16(3)4)27(24,5)28(29,30)31/h8-11,14-15,24-25H,3,6-7,12-13H2,1-2,4-5H3. The summed E-state index contributed by atoms with van der Waals surface area (Å²) in [6.45, 7) is 10.1. The normalized spacial score (nSPS) is 22.1. The second kappa shape index (κ2) is 9.88. The fraction of sp³-hybridized carbons (Fsp3) is 0.429. The van der Waals surface area contributed by atoms with Crippen LogP contribution in [0.4, 0.5) is 13.2 Å². The summed E-state index contributed by atoms with van der Waals surface area (Å²) in [6.07, 6.45) is -5.29. The summed E-state index contributed by atoms with van der Waals surface area (Å²) in [5.41, 5.74) is 0.870. The van der Waals surface area contributed by atoms with Crippen molar-refractivity contribution >= 4 is 27.4 Å². The maximum Gasteiger partial charge on any atom is 0.401 e. The number of ether oxygens (including phenoxy) is 2. The first-order valence-corrected chi connectivity index (χ1v) is 12.9. The van der Waals surface area contributed by atoms with E-state index in [1.54, 1.807) is 23.5 Å². The zero-order valence-electron chi connectivity index (χ0n) is 20.9. The highest BCUT2D eigenvalue weighted by molar-refractivity contribution is 7.22. The largest absolute Gasteiger partial charge is 0.489 e. The number of rotatable bonds is 7. The average Bonchev–Trinajstić information content (AvgIpc) is 3.40. The number of fused-ring (bicyclic) bond motifs is 1. The van der Waals surface area contributed by atoms with Crippen molar-refractivity contribution in [2.45, 2.75) is 71.8 Å². The molecule has 2 aromatic heterocycles. The molecule has 4 rings (SSSR count). The molecule has 1 fully saturated rings. The van der Waals surface area contributed by atoms with Crippen LogP contribution in [-0.2, 0) is 22.4 Å². The number of alkyl halides is 3. The smallest absolute Gasteiger partial charge is 0.401 e. The van der Waals surface area contributed by atoms with Crippen molar-refractivity contribution in [3.8, 4) is 16.2 Å². The van der Waals surface area contributed by atoms with Crippen LogP contribution >= 0.6 is 11.3 Å². The number of hydrogen-bond donors (Lipinski definition) is 0. The molecule has 36 heavy (non-hydrogen) atoms. The topological polar surface area (TPSA) is 48.4 Å². The number of aromatic nitrogens is 1. The number of thiophene rings is 1. The number of aryl methyl sites for hydroxylation is 2. The van der Waals surface area contributed by atoms with Crippen LogP contribution < -0.4 is 4.74 Å². The molecule has 1 aliphatic carbocycles. The van der Waals surface area contributed by atoms with E-state index in [0.717, 1.165) is 51.7 Å². The fourth-order valence-electron chi connectivity index (χ4n) is 4.69. The molecule has 2 heterocycles.